The van der Waals surface area contributed by atoms with Crippen LogP contribution in [-0.4, -0.2) is 39.7 Å². The van der Waals surface area contributed by atoms with Crippen molar-refractivity contribution in [3.8, 4) is 0 Å². The lowest BCUT2D eigenvalue weighted by atomic mass is 10.1. The molecule has 0 aliphatic carbocycles. The number of nitrogens with zero attached hydrogens (tertiary/aromatic N) is 5. The third kappa shape index (κ3) is 2.79. The molecule has 7 heteroatoms. The van der Waals surface area contributed by atoms with Gasteiger partial charge in [0.2, 0.25) is 17.8 Å². The number of benzene rings is 1. The molecule has 1 aromatic heterocycles. The van der Waals surface area contributed by atoms with Crippen LogP contribution in [0.2, 0.25) is 0 Å². The molecule has 0 N–H and O–H groups in total. The molecule has 1 atom stereocenters. The molecule has 0 spiro atoms. The summed E-state index contributed by atoms with van der Waals surface area (Å²) in [6, 6.07) is 7.97. The van der Waals surface area contributed by atoms with E-state index < -0.39 is 0 Å². The minimum atomic E-state index is -0.332. The summed E-state index contributed by atoms with van der Waals surface area (Å²) in [5, 5.41) is 4.15. The van der Waals surface area contributed by atoms with Crippen molar-refractivity contribution in [2.24, 2.45) is 5.92 Å². The number of hydrogen-bond donors (Lipinski definition) is 0. The molecule has 0 radical (unpaired) electrons. The van der Waals surface area contributed by atoms with Crippen molar-refractivity contribution >= 4 is 23.5 Å². The average molecular weight is 339 g/mol. The van der Waals surface area contributed by atoms with Crippen molar-refractivity contribution in [3.63, 3.8) is 0 Å². The standard InChI is InChI=1S/C18H21N5O2/c1-2-13-5-3-6-15(9-13)22-11-14(10-16(22)24)17(25)21-7-4-8-23-18(21)19-12-20-23/h3,5-6,9,12,14H,2,4,7-8,10-11H2,1H3/t14-/m0/s1. The minimum absolute atomic E-state index is 0.00470. The van der Waals surface area contributed by atoms with Crippen LogP contribution in [0.25, 0.3) is 0 Å². The van der Waals surface area contributed by atoms with E-state index in [1.807, 2.05) is 24.3 Å². The van der Waals surface area contributed by atoms with Crippen molar-refractivity contribution in [1.29, 1.82) is 0 Å². The smallest absolute Gasteiger partial charge is 0.234 e. The highest BCUT2D eigenvalue weighted by molar-refractivity contribution is 6.04. The number of carbonyl (C=O) groups excluding carboxylic acids is 2. The second kappa shape index (κ2) is 6.31. The molecule has 0 unspecified atom stereocenters. The number of amides is 2. The van der Waals surface area contributed by atoms with E-state index in [0.717, 1.165) is 25.1 Å². The first-order chi connectivity index (χ1) is 12.2. The summed E-state index contributed by atoms with van der Waals surface area (Å²) in [6.45, 7) is 3.92. The van der Waals surface area contributed by atoms with Crippen LogP contribution < -0.4 is 9.80 Å². The highest BCUT2D eigenvalue weighted by Crippen LogP contribution is 2.29. The molecule has 1 aromatic carbocycles. The molecule has 130 valence electrons. The predicted molar refractivity (Wildman–Crippen MR) is 93.3 cm³/mol. The van der Waals surface area contributed by atoms with E-state index in [-0.39, 0.29) is 24.2 Å². The van der Waals surface area contributed by atoms with Crippen molar-refractivity contribution in [1.82, 2.24) is 14.8 Å². The summed E-state index contributed by atoms with van der Waals surface area (Å²) in [7, 11) is 0. The first-order valence-electron chi connectivity index (χ1n) is 8.76. The molecular weight excluding hydrogens is 318 g/mol. The Balaban J connectivity index is 1.54. The van der Waals surface area contributed by atoms with Crippen LogP contribution >= 0.6 is 0 Å². The van der Waals surface area contributed by atoms with Gasteiger partial charge in [-0.05, 0) is 30.5 Å². The van der Waals surface area contributed by atoms with E-state index in [0.29, 0.717) is 19.0 Å². The van der Waals surface area contributed by atoms with E-state index in [1.54, 1.807) is 14.5 Å². The maximum Gasteiger partial charge on any atom is 0.234 e. The molecule has 2 amide bonds. The molecule has 0 saturated carbocycles. The number of aryl methyl sites for hydroxylation is 2. The minimum Gasteiger partial charge on any atom is -0.312 e. The second-order valence-corrected chi connectivity index (χ2v) is 6.56. The van der Waals surface area contributed by atoms with Crippen molar-refractivity contribution < 1.29 is 9.59 Å². The highest BCUT2D eigenvalue weighted by atomic mass is 16.2. The number of aromatic nitrogens is 3. The Bertz CT molecular complexity index is 815. The Labute approximate surface area is 146 Å². The number of rotatable bonds is 3. The first kappa shape index (κ1) is 15.8. The summed E-state index contributed by atoms with van der Waals surface area (Å²) in [5.41, 5.74) is 2.06. The normalized spacial score (nSPS) is 20.0. The number of carbonyl (C=O) groups is 2. The van der Waals surface area contributed by atoms with Crippen LogP contribution in [0.1, 0.15) is 25.3 Å². The van der Waals surface area contributed by atoms with Crippen molar-refractivity contribution in [2.75, 3.05) is 22.9 Å². The number of fused-ring (bicyclic) bond motifs is 1. The van der Waals surface area contributed by atoms with Gasteiger partial charge in [0, 0.05) is 31.7 Å². The third-order valence-corrected chi connectivity index (χ3v) is 4.96. The highest BCUT2D eigenvalue weighted by Gasteiger charge is 2.39. The molecule has 4 rings (SSSR count). The maximum atomic E-state index is 13.0. The fourth-order valence-electron chi connectivity index (χ4n) is 3.60. The monoisotopic (exact) mass is 339 g/mol. The zero-order chi connectivity index (χ0) is 17.4. The molecule has 2 aromatic rings. The largest absolute Gasteiger partial charge is 0.312 e. The zero-order valence-electron chi connectivity index (χ0n) is 14.3. The van der Waals surface area contributed by atoms with Crippen LogP contribution in [0.4, 0.5) is 11.6 Å². The van der Waals surface area contributed by atoms with Crippen LogP contribution in [0.3, 0.4) is 0 Å². The van der Waals surface area contributed by atoms with Gasteiger partial charge in [0.25, 0.3) is 0 Å². The Morgan fingerprint density at radius 3 is 3.04 bits per heavy atom. The van der Waals surface area contributed by atoms with Gasteiger partial charge in [-0.25, -0.2) is 4.68 Å². The summed E-state index contributed by atoms with van der Waals surface area (Å²) in [6.07, 6.45) is 3.50. The van der Waals surface area contributed by atoms with Crippen LogP contribution in [-0.2, 0) is 22.6 Å². The van der Waals surface area contributed by atoms with Gasteiger partial charge in [-0.15, -0.1) is 0 Å². The van der Waals surface area contributed by atoms with Gasteiger partial charge in [-0.3, -0.25) is 14.5 Å². The lowest BCUT2D eigenvalue weighted by Crippen LogP contribution is -2.42. The van der Waals surface area contributed by atoms with Gasteiger partial charge in [-0.1, -0.05) is 19.1 Å². The maximum absolute atomic E-state index is 13.0. The summed E-state index contributed by atoms with van der Waals surface area (Å²) < 4.78 is 1.75. The molecule has 7 nitrogen and oxygen atoms in total. The fourth-order valence-corrected chi connectivity index (χ4v) is 3.60. The SMILES string of the molecule is CCc1cccc(N2C[C@@H](C(=O)N3CCCn4ncnc43)CC2=O)c1. The third-order valence-electron chi connectivity index (χ3n) is 4.96. The molecular formula is C18H21N5O2. The van der Waals surface area contributed by atoms with E-state index in [1.165, 1.54) is 11.9 Å². The topological polar surface area (TPSA) is 71.3 Å². The Kier molecular flexibility index (Phi) is 3.99. The molecule has 0 bridgehead atoms. The Hall–Kier alpha value is -2.70. The van der Waals surface area contributed by atoms with Gasteiger partial charge >= 0.3 is 0 Å². The summed E-state index contributed by atoms with van der Waals surface area (Å²) in [4.78, 5) is 33.1. The van der Waals surface area contributed by atoms with Gasteiger partial charge in [-0.2, -0.15) is 10.1 Å². The molecule has 1 fully saturated rings. The van der Waals surface area contributed by atoms with E-state index in [2.05, 4.69) is 17.0 Å². The molecule has 1 saturated heterocycles. The van der Waals surface area contributed by atoms with Crippen LogP contribution in [0.5, 0.6) is 0 Å². The van der Waals surface area contributed by atoms with E-state index >= 15 is 0 Å². The van der Waals surface area contributed by atoms with Crippen molar-refractivity contribution in [2.45, 2.75) is 32.7 Å². The van der Waals surface area contributed by atoms with Crippen LogP contribution in [0.15, 0.2) is 30.6 Å². The first-order valence-corrected chi connectivity index (χ1v) is 8.76. The Morgan fingerprint density at radius 2 is 2.20 bits per heavy atom. The Morgan fingerprint density at radius 1 is 1.32 bits per heavy atom. The molecule has 2 aliphatic rings. The quantitative estimate of drug-likeness (QED) is 0.852. The molecule has 2 aliphatic heterocycles. The zero-order valence-corrected chi connectivity index (χ0v) is 14.3. The van der Waals surface area contributed by atoms with Gasteiger partial charge < -0.3 is 4.90 Å². The van der Waals surface area contributed by atoms with Gasteiger partial charge in [0.05, 0.1) is 5.92 Å². The molecule has 25 heavy (non-hydrogen) atoms. The summed E-state index contributed by atoms with van der Waals surface area (Å²) >= 11 is 0. The van der Waals surface area contributed by atoms with E-state index in [4.69, 9.17) is 0 Å². The number of hydrogen-bond acceptors (Lipinski definition) is 4. The fraction of sp³-hybridized carbons (Fsp3) is 0.444. The number of anilines is 2. The van der Waals surface area contributed by atoms with Gasteiger partial charge in [0.1, 0.15) is 6.33 Å². The van der Waals surface area contributed by atoms with Gasteiger partial charge in [0.15, 0.2) is 0 Å². The predicted octanol–water partition coefficient (Wildman–Crippen LogP) is 1.63. The lowest BCUT2D eigenvalue weighted by molar-refractivity contribution is -0.124. The van der Waals surface area contributed by atoms with Crippen LogP contribution in [0, 0.1) is 5.92 Å². The average Bonchev–Trinajstić information content (AvgIpc) is 3.27. The molecule has 3 heterocycles. The second-order valence-electron chi connectivity index (χ2n) is 6.56. The lowest BCUT2D eigenvalue weighted by Gasteiger charge is -2.28. The van der Waals surface area contributed by atoms with Crippen molar-refractivity contribution in [3.05, 3.63) is 36.2 Å². The summed E-state index contributed by atoms with van der Waals surface area (Å²) in [5.74, 6) is 0.234. The van der Waals surface area contributed by atoms with E-state index in [9.17, 15) is 9.59 Å².